The highest BCUT2D eigenvalue weighted by Gasteiger charge is 2.09. The molecule has 0 aromatic heterocycles. The molecule has 0 spiro atoms. The molecule has 0 aliphatic rings. The number of hydrogen-bond donors (Lipinski definition) is 0. The number of nitrogens with zero attached hydrogens (tertiary/aromatic N) is 2. The Morgan fingerprint density at radius 1 is 0.750 bits per heavy atom. The van der Waals surface area contributed by atoms with Crippen molar-refractivity contribution in [3.8, 4) is 0 Å². The molecule has 0 unspecified atom stereocenters. The molecule has 0 heterocycles. The molecule has 148 valence electrons. The zero-order valence-electron chi connectivity index (χ0n) is 16.8. The largest absolute Gasteiger partial charge is 0.466 e. The number of aliphatic imine (C=N–C) groups is 2. The van der Waals surface area contributed by atoms with E-state index in [0.29, 0.717) is 24.6 Å². The third kappa shape index (κ3) is 6.01. The molecular weight excluding hydrogens is 356 g/mol. The molecule has 6 nitrogen and oxygen atoms in total. The summed E-state index contributed by atoms with van der Waals surface area (Å²) in [5, 5.41) is 1.85. The van der Waals surface area contributed by atoms with E-state index in [2.05, 4.69) is 9.98 Å². The van der Waals surface area contributed by atoms with Crippen LogP contribution >= 0.6 is 0 Å². The molecule has 0 bridgehead atoms. The van der Waals surface area contributed by atoms with Gasteiger partial charge in [-0.25, -0.2) is 0 Å². The van der Waals surface area contributed by atoms with Gasteiger partial charge < -0.3 is 9.47 Å². The Labute approximate surface area is 165 Å². The molecule has 0 saturated carbocycles. The van der Waals surface area contributed by atoms with Crippen LogP contribution in [0.25, 0.3) is 10.8 Å². The van der Waals surface area contributed by atoms with Gasteiger partial charge in [0, 0.05) is 22.2 Å². The lowest BCUT2D eigenvalue weighted by Gasteiger charge is -2.08. The van der Waals surface area contributed by atoms with E-state index in [1.165, 1.54) is 0 Å². The normalized spacial score (nSPS) is 12.1. The first-order valence-electron chi connectivity index (χ1n) is 9.35. The first kappa shape index (κ1) is 21.3. The lowest BCUT2D eigenvalue weighted by molar-refractivity contribution is -0.142. The molecule has 2 aromatic carbocycles. The van der Waals surface area contributed by atoms with Crippen molar-refractivity contribution in [3.05, 3.63) is 36.4 Å². The summed E-state index contributed by atoms with van der Waals surface area (Å²) >= 11 is 0. The minimum Gasteiger partial charge on any atom is -0.466 e. The highest BCUT2D eigenvalue weighted by Crippen LogP contribution is 2.33. The number of hydrogen-bond acceptors (Lipinski definition) is 6. The van der Waals surface area contributed by atoms with Crippen LogP contribution in [0.4, 0.5) is 11.4 Å². The molecule has 0 saturated heterocycles. The average Bonchev–Trinajstić information content (AvgIpc) is 2.62. The van der Waals surface area contributed by atoms with Gasteiger partial charge in [-0.1, -0.05) is 24.3 Å². The van der Waals surface area contributed by atoms with Crippen LogP contribution in [0.5, 0.6) is 0 Å². The molecule has 0 atom stereocenters. The number of fused-ring (bicyclic) bond motifs is 1. The standard InChI is InChI=1S/C22H26N2O4/c1-5-27-21(25)13-15(3)23-19-11-7-10-18-17(19)9-8-12-20(18)24-16(4)14-22(26)28-6-2/h7-12H,5-6,13-14H2,1-4H3. The minimum absolute atomic E-state index is 0.153. The van der Waals surface area contributed by atoms with Gasteiger partial charge in [0.25, 0.3) is 0 Å². The van der Waals surface area contributed by atoms with Gasteiger partial charge in [-0.2, -0.15) is 0 Å². The van der Waals surface area contributed by atoms with Gasteiger partial charge in [0.1, 0.15) is 0 Å². The third-order valence-corrected chi connectivity index (χ3v) is 3.91. The Morgan fingerprint density at radius 3 is 1.50 bits per heavy atom. The van der Waals surface area contributed by atoms with E-state index in [-0.39, 0.29) is 24.8 Å². The van der Waals surface area contributed by atoms with Crippen LogP contribution in [0.1, 0.15) is 40.5 Å². The van der Waals surface area contributed by atoms with E-state index >= 15 is 0 Å². The van der Waals surface area contributed by atoms with Crippen molar-refractivity contribution in [2.45, 2.75) is 40.5 Å². The number of carbonyl (C=O) groups excluding carboxylic acids is 2. The maximum atomic E-state index is 11.7. The molecule has 2 rings (SSSR count). The fourth-order valence-corrected chi connectivity index (χ4v) is 2.80. The van der Waals surface area contributed by atoms with Crippen LogP contribution in [0, 0.1) is 0 Å². The molecule has 0 fully saturated rings. The van der Waals surface area contributed by atoms with Crippen LogP contribution in [-0.4, -0.2) is 36.6 Å². The van der Waals surface area contributed by atoms with Crippen LogP contribution < -0.4 is 0 Å². The van der Waals surface area contributed by atoms with E-state index in [4.69, 9.17) is 9.47 Å². The minimum atomic E-state index is -0.288. The van der Waals surface area contributed by atoms with E-state index in [9.17, 15) is 9.59 Å². The lowest BCUT2D eigenvalue weighted by Crippen LogP contribution is -2.08. The fraction of sp³-hybridized carbons (Fsp3) is 0.364. The topological polar surface area (TPSA) is 77.3 Å². The highest BCUT2D eigenvalue weighted by atomic mass is 16.5. The monoisotopic (exact) mass is 382 g/mol. The van der Waals surface area contributed by atoms with Gasteiger partial charge in [-0.15, -0.1) is 0 Å². The van der Waals surface area contributed by atoms with Crippen molar-refractivity contribution in [1.29, 1.82) is 0 Å². The van der Waals surface area contributed by atoms with Gasteiger partial charge in [-0.05, 0) is 39.8 Å². The molecular formula is C22H26N2O4. The highest BCUT2D eigenvalue weighted by molar-refractivity contribution is 6.06. The van der Waals surface area contributed by atoms with Crippen molar-refractivity contribution in [2.75, 3.05) is 13.2 Å². The Morgan fingerprint density at radius 2 is 1.14 bits per heavy atom. The Kier molecular flexibility index (Phi) is 7.87. The molecule has 28 heavy (non-hydrogen) atoms. The lowest BCUT2D eigenvalue weighted by atomic mass is 10.1. The Balaban J connectivity index is 2.34. The SMILES string of the molecule is CCOC(=O)CC(C)=Nc1cccc2c(N=C(C)CC(=O)OCC)cccc12. The van der Waals surface area contributed by atoms with Crippen molar-refractivity contribution in [3.63, 3.8) is 0 Å². The summed E-state index contributed by atoms with van der Waals surface area (Å²) in [5.41, 5.74) is 2.88. The van der Waals surface area contributed by atoms with Crippen molar-refractivity contribution >= 4 is 45.5 Å². The molecule has 2 aromatic rings. The second kappa shape index (κ2) is 10.3. The Bertz CT molecular complexity index is 841. The summed E-state index contributed by atoms with van der Waals surface area (Å²) in [7, 11) is 0. The van der Waals surface area contributed by atoms with E-state index in [1.807, 2.05) is 36.4 Å². The summed E-state index contributed by atoms with van der Waals surface area (Å²) in [5.74, 6) is -0.576. The number of esters is 2. The number of benzene rings is 2. The molecule has 6 heteroatoms. The summed E-state index contributed by atoms with van der Waals surface area (Å²) in [6.45, 7) is 7.88. The third-order valence-electron chi connectivity index (χ3n) is 3.91. The van der Waals surface area contributed by atoms with Crippen molar-refractivity contribution in [2.24, 2.45) is 9.98 Å². The van der Waals surface area contributed by atoms with Gasteiger partial charge >= 0.3 is 11.9 Å². The maximum absolute atomic E-state index is 11.7. The number of carbonyl (C=O) groups is 2. The van der Waals surface area contributed by atoms with Crippen molar-refractivity contribution < 1.29 is 19.1 Å². The molecule has 0 N–H and O–H groups in total. The van der Waals surface area contributed by atoms with Crippen LogP contribution in [-0.2, 0) is 19.1 Å². The quantitative estimate of drug-likeness (QED) is 0.479. The van der Waals surface area contributed by atoms with Crippen LogP contribution in [0.3, 0.4) is 0 Å². The predicted molar refractivity (Wildman–Crippen MR) is 112 cm³/mol. The molecule has 0 amide bonds. The summed E-state index contributed by atoms with van der Waals surface area (Å²) in [6.07, 6.45) is 0.307. The van der Waals surface area contributed by atoms with Gasteiger partial charge in [0.2, 0.25) is 0 Å². The van der Waals surface area contributed by atoms with E-state index in [1.54, 1.807) is 27.7 Å². The van der Waals surface area contributed by atoms with Crippen LogP contribution in [0.2, 0.25) is 0 Å². The Hall–Kier alpha value is -3.02. The summed E-state index contributed by atoms with van der Waals surface area (Å²) in [4.78, 5) is 32.5. The van der Waals surface area contributed by atoms with Crippen molar-refractivity contribution in [1.82, 2.24) is 0 Å². The number of ether oxygens (including phenoxy) is 2. The van der Waals surface area contributed by atoms with E-state index < -0.39 is 0 Å². The fourth-order valence-electron chi connectivity index (χ4n) is 2.80. The average molecular weight is 382 g/mol. The van der Waals surface area contributed by atoms with Gasteiger partial charge in [0.05, 0.1) is 37.4 Å². The van der Waals surface area contributed by atoms with Gasteiger partial charge in [0.15, 0.2) is 0 Å². The second-order valence-electron chi connectivity index (χ2n) is 6.31. The zero-order chi connectivity index (χ0) is 20.5. The first-order valence-corrected chi connectivity index (χ1v) is 9.35. The smallest absolute Gasteiger partial charge is 0.311 e. The number of rotatable bonds is 8. The zero-order valence-corrected chi connectivity index (χ0v) is 16.8. The maximum Gasteiger partial charge on any atom is 0.311 e. The predicted octanol–water partition coefficient (Wildman–Crippen LogP) is 4.93. The second-order valence-corrected chi connectivity index (χ2v) is 6.31. The van der Waals surface area contributed by atoms with Crippen LogP contribution in [0.15, 0.2) is 46.4 Å². The molecule has 0 radical (unpaired) electrons. The first-order chi connectivity index (χ1) is 13.4. The molecule has 0 aliphatic heterocycles. The molecule has 0 aliphatic carbocycles. The summed E-state index contributed by atoms with van der Waals surface area (Å²) in [6, 6.07) is 11.5. The van der Waals surface area contributed by atoms with Gasteiger partial charge in [-0.3, -0.25) is 19.6 Å². The summed E-state index contributed by atoms with van der Waals surface area (Å²) < 4.78 is 9.95. The van der Waals surface area contributed by atoms with E-state index in [0.717, 1.165) is 22.1 Å².